The summed E-state index contributed by atoms with van der Waals surface area (Å²) in [6.45, 7) is 0. The molecule has 1 N–H and O–H groups in total. The lowest BCUT2D eigenvalue weighted by Crippen LogP contribution is -2.04. The van der Waals surface area contributed by atoms with Crippen molar-refractivity contribution >= 4 is 11.7 Å². The van der Waals surface area contributed by atoms with Crippen LogP contribution < -0.4 is 0 Å². The smallest absolute Gasteiger partial charge is 0.307 e. The Morgan fingerprint density at radius 1 is 1.62 bits per heavy atom. The van der Waals surface area contributed by atoms with E-state index in [1.807, 2.05) is 0 Å². The van der Waals surface area contributed by atoms with Crippen LogP contribution in [0.5, 0.6) is 0 Å². The van der Waals surface area contributed by atoms with Crippen LogP contribution in [0.1, 0.15) is 11.1 Å². The highest BCUT2D eigenvalue weighted by Crippen LogP contribution is 2.22. The maximum Gasteiger partial charge on any atom is 0.307 e. The fourth-order valence-electron chi connectivity index (χ4n) is 1.19. The largest absolute Gasteiger partial charge is 0.481 e. The van der Waals surface area contributed by atoms with E-state index >= 15 is 0 Å². The normalized spacial score (nSPS) is 9.50. The predicted octanol–water partition coefficient (Wildman–Crippen LogP) is 1.34. The molecule has 0 aromatic heterocycles. The van der Waals surface area contributed by atoms with Gasteiger partial charge in [-0.05, 0) is 11.6 Å². The summed E-state index contributed by atoms with van der Waals surface area (Å²) in [5.41, 5.74) is -0.733. The minimum Gasteiger partial charge on any atom is -0.481 e. The highest BCUT2D eigenvalue weighted by atomic mass is 19.1. The first-order valence-corrected chi connectivity index (χ1v) is 4.11. The van der Waals surface area contributed by atoms with Crippen molar-refractivity contribution in [1.82, 2.24) is 0 Å². The molecule has 0 amide bonds. The van der Waals surface area contributed by atoms with Gasteiger partial charge in [0.05, 0.1) is 11.3 Å². The quantitative estimate of drug-likeness (QED) is 0.476. The Bertz CT molecular complexity index is 504. The Morgan fingerprint density at radius 2 is 2.25 bits per heavy atom. The number of carboxylic acids is 1. The van der Waals surface area contributed by atoms with E-state index in [0.29, 0.717) is 0 Å². The molecule has 0 spiro atoms. The van der Waals surface area contributed by atoms with Crippen LogP contribution in [0.2, 0.25) is 0 Å². The Balaban J connectivity index is 3.35. The number of halogens is 1. The second-order valence-corrected chi connectivity index (χ2v) is 2.93. The lowest BCUT2D eigenvalue weighted by atomic mass is 10.0. The maximum absolute atomic E-state index is 13.1. The molecule has 5 nitrogen and oxygen atoms in total. The highest BCUT2D eigenvalue weighted by molar-refractivity contribution is 5.72. The summed E-state index contributed by atoms with van der Waals surface area (Å²) in [4.78, 5) is 20.0. The molecule has 0 aliphatic rings. The summed E-state index contributed by atoms with van der Waals surface area (Å²) in [5.74, 6) is -0.192. The van der Waals surface area contributed by atoms with Gasteiger partial charge in [-0.1, -0.05) is 5.92 Å². The molecule has 6 heteroatoms. The number of terminal acetylenes is 1. The molecule has 82 valence electrons. The molecule has 1 rings (SSSR count). The van der Waals surface area contributed by atoms with Crippen molar-refractivity contribution in [2.75, 3.05) is 0 Å². The molecule has 0 unspecified atom stereocenters. The van der Waals surface area contributed by atoms with Gasteiger partial charge in [0.15, 0.2) is 0 Å². The predicted molar refractivity (Wildman–Crippen MR) is 52.3 cm³/mol. The van der Waals surface area contributed by atoms with Crippen molar-refractivity contribution in [2.45, 2.75) is 6.42 Å². The number of carbonyl (C=O) groups is 1. The monoisotopic (exact) mass is 223 g/mol. The van der Waals surface area contributed by atoms with Crippen molar-refractivity contribution in [3.8, 4) is 12.3 Å². The molecule has 0 atom stereocenters. The van der Waals surface area contributed by atoms with Gasteiger partial charge in [-0.2, -0.15) is 4.39 Å². The van der Waals surface area contributed by atoms with Crippen LogP contribution in [0, 0.1) is 28.3 Å². The van der Waals surface area contributed by atoms with Crippen molar-refractivity contribution in [2.24, 2.45) is 0 Å². The summed E-state index contributed by atoms with van der Waals surface area (Å²) in [5, 5.41) is 19.0. The first-order chi connectivity index (χ1) is 7.45. The topological polar surface area (TPSA) is 80.4 Å². The number of aliphatic carboxylic acids is 1. The molecular formula is C10H6FNO4. The maximum atomic E-state index is 13.1. The number of hydrogen-bond acceptors (Lipinski definition) is 3. The van der Waals surface area contributed by atoms with Crippen molar-refractivity contribution < 1.29 is 19.2 Å². The molecule has 0 fully saturated rings. The summed E-state index contributed by atoms with van der Waals surface area (Å²) >= 11 is 0. The zero-order chi connectivity index (χ0) is 12.3. The SMILES string of the molecule is C#Cc1cc(F)c([N+](=O)[O-])cc1CC(=O)O. The first kappa shape index (κ1) is 11.7. The van der Waals surface area contributed by atoms with Crippen LogP contribution in [0.15, 0.2) is 12.1 Å². The molecule has 0 bridgehead atoms. The van der Waals surface area contributed by atoms with Crippen molar-refractivity contribution in [1.29, 1.82) is 0 Å². The molecule has 0 heterocycles. The zero-order valence-corrected chi connectivity index (χ0v) is 7.94. The molecule has 1 aromatic carbocycles. The van der Waals surface area contributed by atoms with Crippen LogP contribution in [0.25, 0.3) is 0 Å². The average molecular weight is 223 g/mol. The lowest BCUT2D eigenvalue weighted by molar-refractivity contribution is -0.387. The Morgan fingerprint density at radius 3 is 2.69 bits per heavy atom. The van der Waals surface area contributed by atoms with Crippen LogP contribution in [0.3, 0.4) is 0 Å². The van der Waals surface area contributed by atoms with E-state index in [2.05, 4.69) is 5.92 Å². The van der Waals surface area contributed by atoms with E-state index in [9.17, 15) is 19.3 Å². The van der Waals surface area contributed by atoms with Gasteiger partial charge in [-0.25, -0.2) is 0 Å². The van der Waals surface area contributed by atoms with Crippen LogP contribution in [-0.2, 0) is 11.2 Å². The van der Waals surface area contributed by atoms with Crippen LogP contribution in [0.4, 0.5) is 10.1 Å². The Hall–Kier alpha value is -2.42. The number of carboxylic acid groups (broad SMARTS) is 1. The summed E-state index contributed by atoms with van der Waals surface area (Å²) in [6.07, 6.45) is 4.56. The minimum absolute atomic E-state index is 0.00509. The zero-order valence-electron chi connectivity index (χ0n) is 7.94. The van der Waals surface area contributed by atoms with Gasteiger partial charge in [-0.15, -0.1) is 6.42 Å². The van der Waals surface area contributed by atoms with Gasteiger partial charge in [0.25, 0.3) is 0 Å². The first-order valence-electron chi connectivity index (χ1n) is 4.11. The average Bonchev–Trinajstić information content (AvgIpc) is 2.18. The minimum atomic E-state index is -1.20. The standard InChI is InChI=1S/C10H6FNO4/c1-2-6-3-8(11)9(12(15)16)4-7(6)5-10(13)14/h1,3-4H,5H2,(H,13,14). The van der Waals surface area contributed by atoms with E-state index in [-0.39, 0.29) is 11.1 Å². The van der Waals surface area contributed by atoms with Gasteiger partial charge < -0.3 is 5.11 Å². The number of rotatable bonds is 3. The third kappa shape index (κ3) is 2.33. The fraction of sp³-hybridized carbons (Fsp3) is 0.100. The van der Waals surface area contributed by atoms with Gasteiger partial charge in [0.2, 0.25) is 5.82 Å². The van der Waals surface area contributed by atoms with E-state index in [4.69, 9.17) is 11.5 Å². The molecule has 0 saturated heterocycles. The van der Waals surface area contributed by atoms with E-state index in [1.54, 1.807) is 0 Å². The number of benzene rings is 1. The Kier molecular flexibility index (Phi) is 3.20. The third-order valence-corrected chi connectivity index (χ3v) is 1.87. The number of nitrogens with zero attached hydrogens (tertiary/aromatic N) is 1. The number of hydrogen-bond donors (Lipinski definition) is 1. The van der Waals surface area contributed by atoms with Gasteiger partial charge in [0.1, 0.15) is 0 Å². The van der Waals surface area contributed by atoms with Crippen molar-refractivity contribution in [3.05, 3.63) is 39.2 Å². The van der Waals surface area contributed by atoms with Gasteiger partial charge >= 0.3 is 11.7 Å². The summed E-state index contributed by atoms with van der Waals surface area (Å²) in [6, 6.07) is 1.63. The van der Waals surface area contributed by atoms with Crippen molar-refractivity contribution in [3.63, 3.8) is 0 Å². The molecular weight excluding hydrogens is 217 g/mol. The van der Waals surface area contributed by atoms with Crippen LogP contribution in [-0.4, -0.2) is 16.0 Å². The summed E-state index contributed by atoms with van der Waals surface area (Å²) < 4.78 is 13.1. The van der Waals surface area contributed by atoms with E-state index in [0.717, 1.165) is 12.1 Å². The molecule has 0 aliphatic heterocycles. The van der Waals surface area contributed by atoms with Gasteiger partial charge in [-0.3, -0.25) is 14.9 Å². The fourth-order valence-corrected chi connectivity index (χ4v) is 1.19. The molecule has 16 heavy (non-hydrogen) atoms. The lowest BCUT2D eigenvalue weighted by Gasteiger charge is -2.02. The number of nitro groups is 1. The molecule has 1 aromatic rings. The second-order valence-electron chi connectivity index (χ2n) is 2.93. The summed E-state index contributed by atoms with van der Waals surface area (Å²) in [7, 11) is 0. The molecule has 0 saturated carbocycles. The molecule has 0 aliphatic carbocycles. The Labute approximate surface area is 89.7 Å². The third-order valence-electron chi connectivity index (χ3n) is 1.87. The highest BCUT2D eigenvalue weighted by Gasteiger charge is 2.18. The van der Waals surface area contributed by atoms with E-state index in [1.165, 1.54) is 0 Å². The molecule has 0 radical (unpaired) electrons. The number of nitro benzene ring substituents is 1. The second kappa shape index (κ2) is 4.40. The van der Waals surface area contributed by atoms with Gasteiger partial charge in [0, 0.05) is 11.6 Å². The van der Waals surface area contributed by atoms with E-state index < -0.39 is 28.8 Å². The van der Waals surface area contributed by atoms with Crippen LogP contribution >= 0.6 is 0 Å².